The second-order valence-electron chi connectivity index (χ2n) is 9.27. The van der Waals surface area contributed by atoms with Crippen LogP contribution in [-0.2, 0) is 16.9 Å². The zero-order valence-corrected chi connectivity index (χ0v) is 17.6. The highest BCUT2D eigenvalue weighted by Gasteiger charge is 2.70. The molecule has 1 unspecified atom stereocenters. The van der Waals surface area contributed by atoms with E-state index in [0.29, 0.717) is 31.5 Å². The highest BCUT2D eigenvalue weighted by atomic mass is 19.4. The fraction of sp³-hybridized carbons (Fsp3) is 0.682. The Labute approximate surface area is 185 Å². The van der Waals surface area contributed by atoms with Crippen LogP contribution in [0.3, 0.4) is 0 Å². The van der Waals surface area contributed by atoms with Crippen LogP contribution in [0, 0.1) is 11.3 Å². The molecule has 2 saturated heterocycles. The maximum atomic E-state index is 15.3. The highest BCUT2D eigenvalue weighted by molar-refractivity contribution is 5.86. The van der Waals surface area contributed by atoms with Crippen LogP contribution in [0.1, 0.15) is 54.7 Å². The van der Waals surface area contributed by atoms with Gasteiger partial charge in [-0.25, -0.2) is 8.78 Å². The average molecular weight is 484 g/mol. The summed E-state index contributed by atoms with van der Waals surface area (Å²) in [6.07, 6.45) is -9.79. The van der Waals surface area contributed by atoms with Crippen molar-refractivity contribution in [2.24, 2.45) is 11.3 Å². The summed E-state index contributed by atoms with van der Waals surface area (Å²) in [6.45, 7) is 0.188. The highest BCUT2D eigenvalue weighted by Crippen LogP contribution is 2.59. The number of hydrogen-bond donors (Lipinski definition) is 1. The van der Waals surface area contributed by atoms with Crippen molar-refractivity contribution >= 4 is 5.91 Å². The molecule has 1 aromatic carbocycles. The van der Waals surface area contributed by atoms with Gasteiger partial charge in [0.2, 0.25) is 5.91 Å². The van der Waals surface area contributed by atoms with Gasteiger partial charge in [-0.2, -0.15) is 26.3 Å². The molecule has 11 heteroatoms. The molecule has 33 heavy (non-hydrogen) atoms. The minimum absolute atomic E-state index is 0.174. The van der Waals surface area contributed by atoms with Crippen molar-refractivity contribution < 1.29 is 39.9 Å². The van der Waals surface area contributed by atoms with E-state index in [-0.39, 0.29) is 18.9 Å². The molecule has 184 valence electrons. The number of alkyl halides is 8. The van der Waals surface area contributed by atoms with Gasteiger partial charge < -0.3 is 10.2 Å². The summed E-state index contributed by atoms with van der Waals surface area (Å²) in [6, 6.07) is 2.86. The number of halogens is 8. The summed E-state index contributed by atoms with van der Waals surface area (Å²) >= 11 is 0. The van der Waals surface area contributed by atoms with Crippen molar-refractivity contribution in [1.29, 1.82) is 0 Å². The number of hydrogen-bond acceptors (Lipinski definition) is 2. The molecule has 3 aliphatic rings. The lowest BCUT2D eigenvalue weighted by Gasteiger charge is -2.29. The fourth-order valence-electron chi connectivity index (χ4n) is 5.00. The van der Waals surface area contributed by atoms with Crippen LogP contribution in [-0.4, -0.2) is 43.2 Å². The third-order valence-corrected chi connectivity index (χ3v) is 7.21. The number of nitrogens with zero attached hydrogens (tertiary/aromatic N) is 1. The molecular weight excluding hydrogens is 460 g/mol. The van der Waals surface area contributed by atoms with Crippen LogP contribution in [0.4, 0.5) is 35.1 Å². The standard InChI is InChI=1S/C22H24F8N2O/c23-20(24,15-5-10-32(12-15)18(33)19(6-7-19)22(28,29)30)16-2-1-14(11-17(16)21(25,26)27)13-3-8-31-9-4-13/h1-2,11,13,15,31H,3-10,12H2. The second kappa shape index (κ2) is 8.09. The van der Waals surface area contributed by atoms with Crippen LogP contribution in [0.25, 0.3) is 0 Å². The Bertz CT molecular complexity index is 901. The zero-order chi connectivity index (χ0) is 24.2. The van der Waals surface area contributed by atoms with Gasteiger partial charge in [0.25, 0.3) is 5.92 Å². The molecule has 1 N–H and O–H groups in total. The summed E-state index contributed by atoms with van der Waals surface area (Å²) in [5.74, 6) is -7.09. The fourth-order valence-corrected chi connectivity index (χ4v) is 5.00. The van der Waals surface area contributed by atoms with Crippen LogP contribution in [0.5, 0.6) is 0 Å². The van der Waals surface area contributed by atoms with E-state index in [1.54, 1.807) is 0 Å². The van der Waals surface area contributed by atoms with E-state index in [1.165, 1.54) is 6.07 Å². The first-order chi connectivity index (χ1) is 15.3. The molecule has 1 aromatic rings. The van der Waals surface area contributed by atoms with E-state index in [9.17, 15) is 31.1 Å². The second-order valence-corrected chi connectivity index (χ2v) is 9.27. The molecule has 4 rings (SSSR count). The number of rotatable bonds is 4. The summed E-state index contributed by atoms with van der Waals surface area (Å²) in [4.78, 5) is 13.1. The summed E-state index contributed by atoms with van der Waals surface area (Å²) in [5.41, 5.74) is -4.82. The van der Waals surface area contributed by atoms with Crippen LogP contribution in [0.15, 0.2) is 18.2 Å². The Morgan fingerprint density at radius 1 is 0.939 bits per heavy atom. The maximum absolute atomic E-state index is 15.3. The SMILES string of the molecule is O=C(N1CCC(C(F)(F)c2ccc(C3CCNCC3)cc2C(F)(F)F)C1)C1(C(F)(F)F)CC1. The first kappa shape index (κ1) is 24.2. The Morgan fingerprint density at radius 2 is 1.58 bits per heavy atom. The van der Waals surface area contributed by atoms with Gasteiger partial charge in [-0.1, -0.05) is 12.1 Å². The van der Waals surface area contributed by atoms with E-state index in [2.05, 4.69) is 5.32 Å². The average Bonchev–Trinajstić information content (AvgIpc) is 3.43. The van der Waals surface area contributed by atoms with Gasteiger partial charge in [-0.3, -0.25) is 4.79 Å². The molecule has 0 spiro atoms. The third-order valence-electron chi connectivity index (χ3n) is 7.21. The van der Waals surface area contributed by atoms with Crippen molar-refractivity contribution in [3.8, 4) is 0 Å². The molecule has 0 aromatic heterocycles. The largest absolute Gasteiger partial charge is 0.416 e. The van der Waals surface area contributed by atoms with E-state index < -0.39 is 66.0 Å². The summed E-state index contributed by atoms with van der Waals surface area (Å²) in [5, 5.41) is 3.09. The normalized spacial score (nSPS) is 24.2. The third kappa shape index (κ3) is 4.33. The molecule has 1 aliphatic carbocycles. The molecule has 1 saturated carbocycles. The van der Waals surface area contributed by atoms with Crippen molar-refractivity contribution in [3.63, 3.8) is 0 Å². The lowest BCUT2D eigenvalue weighted by Crippen LogP contribution is -2.43. The Kier molecular flexibility index (Phi) is 5.94. The number of carbonyl (C=O) groups excluding carboxylic acids is 1. The van der Waals surface area contributed by atoms with E-state index in [0.717, 1.165) is 17.0 Å². The number of piperidine rings is 1. The Balaban J connectivity index is 1.58. The molecule has 2 heterocycles. The van der Waals surface area contributed by atoms with Crippen molar-refractivity contribution in [3.05, 3.63) is 34.9 Å². The number of amides is 1. The molecule has 3 fully saturated rings. The van der Waals surface area contributed by atoms with Crippen LogP contribution < -0.4 is 5.32 Å². The van der Waals surface area contributed by atoms with E-state index in [1.807, 2.05) is 0 Å². The van der Waals surface area contributed by atoms with Gasteiger partial charge in [0.15, 0.2) is 0 Å². The predicted molar refractivity (Wildman–Crippen MR) is 103 cm³/mol. The first-order valence-electron chi connectivity index (χ1n) is 10.9. The lowest BCUT2D eigenvalue weighted by atomic mass is 9.85. The van der Waals surface area contributed by atoms with Gasteiger partial charge in [-0.15, -0.1) is 0 Å². The van der Waals surface area contributed by atoms with Gasteiger partial charge in [-0.05, 0) is 62.7 Å². The predicted octanol–water partition coefficient (Wildman–Crippen LogP) is 5.46. The number of likely N-dealkylation sites (tertiary alicyclic amines) is 1. The molecule has 1 amide bonds. The molecular formula is C22H24F8N2O. The lowest BCUT2D eigenvalue weighted by molar-refractivity contribution is -0.198. The molecule has 0 bridgehead atoms. The summed E-state index contributed by atoms with van der Waals surface area (Å²) < 4.78 is 112. The molecule has 2 aliphatic heterocycles. The van der Waals surface area contributed by atoms with Gasteiger partial charge in [0.05, 0.1) is 5.56 Å². The Hall–Kier alpha value is -1.91. The zero-order valence-electron chi connectivity index (χ0n) is 17.6. The van der Waals surface area contributed by atoms with Crippen molar-refractivity contribution in [2.45, 2.75) is 56.3 Å². The maximum Gasteiger partial charge on any atom is 0.416 e. The van der Waals surface area contributed by atoms with Crippen LogP contribution in [0.2, 0.25) is 0 Å². The Morgan fingerprint density at radius 3 is 2.12 bits per heavy atom. The van der Waals surface area contributed by atoms with E-state index in [4.69, 9.17) is 0 Å². The molecule has 0 radical (unpaired) electrons. The van der Waals surface area contributed by atoms with Gasteiger partial charge in [0.1, 0.15) is 5.41 Å². The minimum Gasteiger partial charge on any atom is -0.341 e. The smallest absolute Gasteiger partial charge is 0.341 e. The number of nitrogens with one attached hydrogen (secondary N) is 1. The topological polar surface area (TPSA) is 32.3 Å². The molecule has 1 atom stereocenters. The first-order valence-corrected chi connectivity index (χ1v) is 10.9. The number of benzene rings is 1. The van der Waals surface area contributed by atoms with Gasteiger partial charge in [0, 0.05) is 24.6 Å². The number of carbonyl (C=O) groups is 1. The monoisotopic (exact) mass is 484 g/mol. The molecule has 3 nitrogen and oxygen atoms in total. The van der Waals surface area contributed by atoms with Crippen molar-refractivity contribution in [1.82, 2.24) is 10.2 Å². The van der Waals surface area contributed by atoms with Crippen molar-refractivity contribution in [2.75, 3.05) is 26.2 Å². The quantitative estimate of drug-likeness (QED) is 0.577. The van der Waals surface area contributed by atoms with E-state index >= 15 is 8.78 Å². The van der Waals surface area contributed by atoms with Crippen LogP contribution >= 0.6 is 0 Å². The summed E-state index contributed by atoms with van der Waals surface area (Å²) in [7, 11) is 0. The minimum atomic E-state index is -5.02. The van der Waals surface area contributed by atoms with Gasteiger partial charge >= 0.3 is 12.4 Å².